The highest BCUT2D eigenvalue weighted by molar-refractivity contribution is 5.85. The van der Waals surface area contributed by atoms with E-state index in [9.17, 15) is 4.79 Å². The summed E-state index contributed by atoms with van der Waals surface area (Å²) < 4.78 is 0. The molecule has 4 aliphatic carbocycles. The quantitative estimate of drug-likeness (QED) is 0.741. The zero-order valence-corrected chi connectivity index (χ0v) is 13.4. The lowest BCUT2D eigenvalue weighted by Crippen LogP contribution is -2.47. The van der Waals surface area contributed by atoms with Crippen molar-refractivity contribution in [1.82, 2.24) is 10.6 Å². The summed E-state index contributed by atoms with van der Waals surface area (Å²) in [6.07, 6.45) is 10.5. The Morgan fingerprint density at radius 3 is 2.05 bits per heavy atom. The van der Waals surface area contributed by atoms with Gasteiger partial charge in [0.1, 0.15) is 0 Å². The Labute approximate surface area is 129 Å². The lowest BCUT2D eigenvalue weighted by Gasteiger charge is -2.57. The van der Waals surface area contributed by atoms with Gasteiger partial charge in [-0.05, 0) is 74.7 Å². The second kappa shape index (κ2) is 6.65. The molecule has 0 heterocycles. The number of nitrogens with one attached hydrogen (secondary N) is 2. The molecule has 0 aromatic heterocycles. The number of hydrogen-bond donors (Lipinski definition) is 2. The molecule has 4 heteroatoms. The minimum absolute atomic E-state index is 0. The summed E-state index contributed by atoms with van der Waals surface area (Å²) >= 11 is 0. The van der Waals surface area contributed by atoms with Crippen molar-refractivity contribution in [1.29, 1.82) is 0 Å². The maximum Gasteiger partial charge on any atom is 0.216 e. The highest BCUT2D eigenvalue weighted by Gasteiger charge is 2.50. The van der Waals surface area contributed by atoms with Gasteiger partial charge in [0.15, 0.2) is 0 Å². The molecule has 4 bridgehead atoms. The Hall–Kier alpha value is -0.280. The van der Waals surface area contributed by atoms with Gasteiger partial charge in [-0.15, -0.1) is 12.4 Å². The normalized spacial score (nSPS) is 37.5. The summed E-state index contributed by atoms with van der Waals surface area (Å²) in [7, 11) is 0. The first-order valence-corrected chi connectivity index (χ1v) is 8.10. The van der Waals surface area contributed by atoms with E-state index in [1.54, 1.807) is 6.92 Å². The monoisotopic (exact) mass is 300 g/mol. The lowest BCUT2D eigenvalue weighted by molar-refractivity contribution is -0.118. The molecule has 0 aromatic rings. The van der Waals surface area contributed by atoms with Crippen LogP contribution in [0, 0.1) is 23.2 Å². The molecule has 0 saturated heterocycles. The van der Waals surface area contributed by atoms with E-state index in [4.69, 9.17) is 0 Å². The Kier molecular flexibility index (Phi) is 5.36. The fraction of sp³-hybridized carbons (Fsp3) is 0.938. The van der Waals surface area contributed by atoms with Crippen LogP contribution in [-0.2, 0) is 4.79 Å². The van der Waals surface area contributed by atoms with Crippen LogP contribution in [0.2, 0.25) is 0 Å². The van der Waals surface area contributed by atoms with Gasteiger partial charge < -0.3 is 10.6 Å². The van der Waals surface area contributed by atoms with Crippen LogP contribution < -0.4 is 10.6 Å². The molecule has 0 radical (unpaired) electrons. The van der Waals surface area contributed by atoms with Gasteiger partial charge in [-0.3, -0.25) is 4.79 Å². The predicted octanol–water partition coefficient (Wildman–Crippen LogP) is 2.74. The van der Waals surface area contributed by atoms with Gasteiger partial charge in [0.25, 0.3) is 0 Å². The maximum absolute atomic E-state index is 10.8. The predicted molar refractivity (Wildman–Crippen MR) is 84.0 cm³/mol. The number of amides is 1. The molecule has 0 aromatic carbocycles. The van der Waals surface area contributed by atoms with E-state index < -0.39 is 0 Å². The molecule has 3 nitrogen and oxygen atoms in total. The zero-order chi connectivity index (χ0) is 13.3. The van der Waals surface area contributed by atoms with E-state index in [0.29, 0.717) is 5.41 Å². The van der Waals surface area contributed by atoms with E-state index in [0.717, 1.165) is 37.4 Å². The van der Waals surface area contributed by atoms with Crippen LogP contribution in [0.1, 0.15) is 51.9 Å². The van der Waals surface area contributed by atoms with Gasteiger partial charge in [0.2, 0.25) is 5.91 Å². The highest BCUT2D eigenvalue weighted by Crippen LogP contribution is 2.61. The maximum atomic E-state index is 10.8. The molecule has 116 valence electrons. The van der Waals surface area contributed by atoms with E-state index in [1.165, 1.54) is 44.9 Å². The van der Waals surface area contributed by atoms with Crippen LogP contribution >= 0.6 is 12.4 Å². The molecule has 4 rings (SSSR count). The van der Waals surface area contributed by atoms with Gasteiger partial charge >= 0.3 is 0 Å². The average Bonchev–Trinajstić information content (AvgIpc) is 2.31. The smallest absolute Gasteiger partial charge is 0.216 e. The first-order valence-electron chi connectivity index (χ1n) is 8.10. The molecule has 4 saturated carbocycles. The number of carbonyl (C=O) groups excluding carboxylic acids is 1. The van der Waals surface area contributed by atoms with E-state index in [2.05, 4.69) is 10.6 Å². The van der Waals surface area contributed by atoms with Crippen molar-refractivity contribution in [2.45, 2.75) is 51.9 Å². The van der Waals surface area contributed by atoms with Crippen LogP contribution in [0.5, 0.6) is 0 Å². The largest absolute Gasteiger partial charge is 0.355 e. The van der Waals surface area contributed by atoms with Gasteiger partial charge in [0.05, 0.1) is 0 Å². The number of hydrogen-bond acceptors (Lipinski definition) is 2. The van der Waals surface area contributed by atoms with Gasteiger partial charge in [0, 0.05) is 20.0 Å². The molecule has 20 heavy (non-hydrogen) atoms. The number of halogens is 1. The van der Waals surface area contributed by atoms with Crippen molar-refractivity contribution in [3.8, 4) is 0 Å². The fourth-order valence-corrected chi connectivity index (χ4v) is 5.40. The minimum atomic E-state index is 0. The molecule has 1 amide bonds. The van der Waals surface area contributed by atoms with Crippen molar-refractivity contribution >= 4 is 18.3 Å². The van der Waals surface area contributed by atoms with Crippen LogP contribution in [0.3, 0.4) is 0 Å². The number of carbonyl (C=O) groups is 1. The third-order valence-electron chi connectivity index (χ3n) is 5.67. The van der Waals surface area contributed by atoms with Crippen LogP contribution in [0.25, 0.3) is 0 Å². The molecular weight excluding hydrogens is 272 g/mol. The molecule has 4 aliphatic rings. The first kappa shape index (κ1) is 16.1. The van der Waals surface area contributed by atoms with Crippen molar-refractivity contribution in [2.75, 3.05) is 19.6 Å². The highest BCUT2D eigenvalue weighted by atomic mass is 35.5. The van der Waals surface area contributed by atoms with E-state index in [-0.39, 0.29) is 18.3 Å². The minimum Gasteiger partial charge on any atom is -0.355 e. The van der Waals surface area contributed by atoms with Gasteiger partial charge in [-0.25, -0.2) is 0 Å². The van der Waals surface area contributed by atoms with Crippen molar-refractivity contribution in [3.63, 3.8) is 0 Å². The van der Waals surface area contributed by atoms with Crippen molar-refractivity contribution in [2.24, 2.45) is 23.2 Å². The van der Waals surface area contributed by atoms with E-state index in [1.807, 2.05) is 0 Å². The zero-order valence-electron chi connectivity index (χ0n) is 12.6. The molecule has 0 atom stereocenters. The summed E-state index contributed by atoms with van der Waals surface area (Å²) in [5.41, 5.74) is 0.690. The van der Waals surface area contributed by atoms with Crippen LogP contribution in [0.15, 0.2) is 0 Å². The Balaban J connectivity index is 0.00000147. The average molecular weight is 301 g/mol. The molecule has 4 fully saturated rings. The summed E-state index contributed by atoms with van der Waals surface area (Å²) in [5, 5.41) is 6.34. The van der Waals surface area contributed by atoms with E-state index >= 15 is 0 Å². The molecule has 2 N–H and O–H groups in total. The first-order chi connectivity index (χ1) is 9.15. The van der Waals surface area contributed by atoms with Gasteiger partial charge in [-0.2, -0.15) is 0 Å². The summed E-state index contributed by atoms with van der Waals surface area (Å²) in [5.74, 6) is 3.25. The van der Waals surface area contributed by atoms with Crippen LogP contribution in [-0.4, -0.2) is 25.5 Å². The Bertz CT molecular complexity index is 310. The second-order valence-corrected chi connectivity index (χ2v) is 7.40. The molecule has 0 unspecified atom stereocenters. The van der Waals surface area contributed by atoms with Crippen LogP contribution in [0.4, 0.5) is 0 Å². The molecule has 0 spiro atoms. The third kappa shape index (κ3) is 3.67. The SMILES string of the molecule is CC(=O)NCCNCCC12CC3CC(CC(C3)C1)C2.Cl. The Morgan fingerprint density at radius 1 is 1.00 bits per heavy atom. The standard InChI is InChI=1S/C16H28N2O.ClH/c1-12(19)18-5-4-17-3-2-16-9-13-6-14(10-16)8-15(7-13)11-16;/h13-15,17H,2-11H2,1H3,(H,18,19);1H. The Morgan fingerprint density at radius 2 is 1.55 bits per heavy atom. The summed E-state index contributed by atoms with van der Waals surface area (Å²) in [4.78, 5) is 10.8. The van der Waals surface area contributed by atoms with Crippen molar-refractivity contribution < 1.29 is 4.79 Å². The molecular formula is C16H29ClN2O. The third-order valence-corrected chi connectivity index (χ3v) is 5.67. The lowest BCUT2D eigenvalue weighted by atomic mass is 9.49. The summed E-state index contributed by atoms with van der Waals surface area (Å²) in [6, 6.07) is 0. The second-order valence-electron chi connectivity index (χ2n) is 7.40. The number of rotatable bonds is 6. The molecule has 0 aliphatic heterocycles. The van der Waals surface area contributed by atoms with Gasteiger partial charge in [-0.1, -0.05) is 0 Å². The topological polar surface area (TPSA) is 41.1 Å². The van der Waals surface area contributed by atoms with Crippen molar-refractivity contribution in [3.05, 3.63) is 0 Å². The summed E-state index contributed by atoms with van der Waals surface area (Å²) in [6.45, 7) is 4.38. The fourth-order valence-electron chi connectivity index (χ4n) is 5.40.